The number of nitrogens with zero attached hydrogens (tertiary/aromatic N) is 1. The highest BCUT2D eigenvalue weighted by Crippen LogP contribution is 2.27. The maximum Gasteiger partial charge on any atom is 0.411 e. The summed E-state index contributed by atoms with van der Waals surface area (Å²) in [6, 6.07) is 8.61. The van der Waals surface area contributed by atoms with E-state index < -0.39 is 6.09 Å². The lowest BCUT2D eigenvalue weighted by Gasteiger charge is -2.22. The fourth-order valence-electron chi connectivity index (χ4n) is 2.21. The number of nitrogens with two attached hydrogens (primary N) is 1. The monoisotopic (exact) mass is 259 g/mol. The summed E-state index contributed by atoms with van der Waals surface area (Å²) in [6.45, 7) is 0.245. The van der Waals surface area contributed by atoms with Crippen molar-refractivity contribution < 1.29 is 9.53 Å². The second kappa shape index (κ2) is 5.72. The fraction of sp³-hybridized carbons (Fsp3) is 0.429. The molecule has 0 heterocycles. The van der Waals surface area contributed by atoms with Crippen molar-refractivity contribution in [2.45, 2.75) is 31.2 Å². The van der Waals surface area contributed by atoms with Crippen molar-refractivity contribution >= 4 is 11.8 Å². The molecular weight excluding hydrogens is 242 g/mol. The van der Waals surface area contributed by atoms with Gasteiger partial charge >= 0.3 is 6.09 Å². The van der Waals surface area contributed by atoms with Crippen molar-refractivity contribution in [2.24, 2.45) is 5.73 Å². The first-order valence-electron chi connectivity index (χ1n) is 6.34. The maximum absolute atomic E-state index is 11.6. The number of carbonyl (C=O) groups excluding carboxylic acids is 1. The van der Waals surface area contributed by atoms with Crippen LogP contribution in [0.3, 0.4) is 0 Å². The predicted octanol–water partition coefficient (Wildman–Crippen LogP) is 2.38. The van der Waals surface area contributed by atoms with Crippen molar-refractivity contribution in [1.82, 2.24) is 0 Å². The van der Waals surface area contributed by atoms with Gasteiger partial charge in [-0.25, -0.2) is 4.79 Å². The quantitative estimate of drug-likeness (QED) is 0.872. The molecule has 5 nitrogen and oxygen atoms in total. The van der Waals surface area contributed by atoms with Crippen LogP contribution in [0.15, 0.2) is 24.3 Å². The molecule has 1 aliphatic carbocycles. The number of ether oxygens (including phenoxy) is 1. The molecule has 1 fully saturated rings. The number of amides is 1. The minimum Gasteiger partial charge on any atom is -0.447 e. The van der Waals surface area contributed by atoms with Gasteiger partial charge in [-0.15, -0.1) is 0 Å². The number of hydrogen-bond acceptors (Lipinski definition) is 4. The zero-order chi connectivity index (χ0) is 13.7. The minimum atomic E-state index is -0.513. The zero-order valence-electron chi connectivity index (χ0n) is 10.7. The Morgan fingerprint density at radius 3 is 2.58 bits per heavy atom. The Balaban J connectivity index is 1.82. The van der Waals surface area contributed by atoms with Gasteiger partial charge in [-0.1, -0.05) is 12.8 Å². The summed E-state index contributed by atoms with van der Waals surface area (Å²) in [6.07, 6.45) is 3.48. The van der Waals surface area contributed by atoms with Gasteiger partial charge in [0.1, 0.15) is 6.61 Å². The summed E-state index contributed by atoms with van der Waals surface area (Å²) in [5.41, 5.74) is 6.88. The summed E-state index contributed by atoms with van der Waals surface area (Å²) in [5, 5.41) is 11.3. The normalized spacial score (nSPS) is 16.6. The molecule has 1 aromatic carbocycles. The van der Waals surface area contributed by atoms with E-state index >= 15 is 0 Å². The highest BCUT2D eigenvalue weighted by molar-refractivity contribution is 5.84. The first-order chi connectivity index (χ1) is 9.11. The van der Waals surface area contributed by atoms with Gasteiger partial charge in [-0.05, 0) is 37.1 Å². The second-order valence-corrected chi connectivity index (χ2v) is 4.96. The number of nitriles is 1. The van der Waals surface area contributed by atoms with Crippen LogP contribution in [0.5, 0.6) is 0 Å². The maximum atomic E-state index is 11.6. The van der Waals surface area contributed by atoms with Crippen molar-refractivity contribution in [2.75, 3.05) is 11.9 Å². The van der Waals surface area contributed by atoms with E-state index in [1.54, 1.807) is 24.3 Å². The number of carbonyl (C=O) groups is 1. The fourth-order valence-corrected chi connectivity index (χ4v) is 2.21. The lowest BCUT2D eigenvalue weighted by Crippen LogP contribution is -2.42. The molecule has 1 saturated carbocycles. The number of hydrogen-bond donors (Lipinski definition) is 2. The van der Waals surface area contributed by atoms with Gasteiger partial charge in [0.15, 0.2) is 0 Å². The Morgan fingerprint density at radius 1 is 1.37 bits per heavy atom. The van der Waals surface area contributed by atoms with Gasteiger partial charge in [0, 0.05) is 5.69 Å². The molecule has 1 aromatic rings. The van der Waals surface area contributed by atoms with Gasteiger partial charge in [0.05, 0.1) is 17.2 Å². The summed E-state index contributed by atoms with van der Waals surface area (Å²) >= 11 is 0. The first-order valence-corrected chi connectivity index (χ1v) is 6.34. The molecule has 2 rings (SSSR count). The molecule has 1 aliphatic rings. The molecule has 5 heteroatoms. The van der Waals surface area contributed by atoms with E-state index in [0.29, 0.717) is 11.3 Å². The van der Waals surface area contributed by atoms with Crippen LogP contribution in [0.4, 0.5) is 10.5 Å². The second-order valence-electron chi connectivity index (χ2n) is 4.96. The number of nitrogens with one attached hydrogen (secondary N) is 1. The number of anilines is 1. The van der Waals surface area contributed by atoms with Crippen LogP contribution in [0.1, 0.15) is 31.2 Å². The molecule has 19 heavy (non-hydrogen) atoms. The molecule has 0 aliphatic heterocycles. The van der Waals surface area contributed by atoms with Crippen molar-refractivity contribution in [3.63, 3.8) is 0 Å². The van der Waals surface area contributed by atoms with E-state index in [4.69, 9.17) is 15.7 Å². The lowest BCUT2D eigenvalue weighted by molar-refractivity contribution is 0.130. The molecular formula is C14H17N3O2. The minimum absolute atomic E-state index is 0.245. The molecule has 0 bridgehead atoms. The third-order valence-electron chi connectivity index (χ3n) is 3.35. The Bertz CT molecular complexity index is 484. The Morgan fingerprint density at radius 2 is 2.00 bits per heavy atom. The van der Waals surface area contributed by atoms with Crippen LogP contribution in [-0.2, 0) is 4.74 Å². The van der Waals surface area contributed by atoms with E-state index in [2.05, 4.69) is 5.32 Å². The third-order valence-corrected chi connectivity index (χ3v) is 3.35. The van der Waals surface area contributed by atoms with Gasteiger partial charge in [0.25, 0.3) is 0 Å². The molecule has 0 spiro atoms. The van der Waals surface area contributed by atoms with Crippen LogP contribution in [0, 0.1) is 11.3 Å². The van der Waals surface area contributed by atoms with Crippen LogP contribution >= 0.6 is 0 Å². The highest BCUT2D eigenvalue weighted by atomic mass is 16.5. The van der Waals surface area contributed by atoms with Gasteiger partial charge in [-0.3, -0.25) is 5.32 Å². The van der Waals surface area contributed by atoms with E-state index in [1.807, 2.05) is 6.07 Å². The van der Waals surface area contributed by atoms with Crippen molar-refractivity contribution in [3.8, 4) is 6.07 Å². The standard InChI is InChI=1S/C14H17N3O2/c15-9-11-3-5-12(6-4-11)17-13(18)19-10-14(16)7-1-2-8-14/h3-6H,1-2,7-8,10,16H2,(H,17,18). The largest absolute Gasteiger partial charge is 0.447 e. The van der Waals surface area contributed by atoms with Gasteiger partial charge in [-0.2, -0.15) is 5.26 Å². The van der Waals surface area contributed by atoms with E-state index in [0.717, 1.165) is 25.7 Å². The molecule has 0 saturated heterocycles. The molecule has 0 unspecified atom stereocenters. The van der Waals surface area contributed by atoms with Crippen molar-refractivity contribution in [1.29, 1.82) is 5.26 Å². The van der Waals surface area contributed by atoms with Crippen LogP contribution < -0.4 is 11.1 Å². The Hall–Kier alpha value is -2.06. The molecule has 0 radical (unpaired) electrons. The van der Waals surface area contributed by atoms with Gasteiger partial charge < -0.3 is 10.5 Å². The number of benzene rings is 1. The van der Waals surface area contributed by atoms with E-state index in [-0.39, 0.29) is 12.1 Å². The van der Waals surface area contributed by atoms with Crippen LogP contribution in [0.25, 0.3) is 0 Å². The SMILES string of the molecule is N#Cc1ccc(NC(=O)OCC2(N)CCCC2)cc1. The lowest BCUT2D eigenvalue weighted by atomic mass is 10.0. The van der Waals surface area contributed by atoms with E-state index in [1.165, 1.54) is 0 Å². The van der Waals surface area contributed by atoms with Crippen LogP contribution in [0.2, 0.25) is 0 Å². The summed E-state index contributed by atoms with van der Waals surface area (Å²) < 4.78 is 5.15. The number of rotatable bonds is 3. The topological polar surface area (TPSA) is 88.1 Å². The third kappa shape index (κ3) is 3.70. The zero-order valence-corrected chi connectivity index (χ0v) is 10.7. The average molecular weight is 259 g/mol. The van der Waals surface area contributed by atoms with Crippen molar-refractivity contribution in [3.05, 3.63) is 29.8 Å². The Kier molecular flexibility index (Phi) is 4.03. The summed E-state index contributed by atoms with van der Waals surface area (Å²) in [5.74, 6) is 0. The van der Waals surface area contributed by atoms with E-state index in [9.17, 15) is 4.79 Å². The summed E-state index contributed by atoms with van der Waals surface area (Å²) in [4.78, 5) is 11.6. The Labute approximate surface area is 112 Å². The molecule has 1 amide bonds. The summed E-state index contributed by atoms with van der Waals surface area (Å²) in [7, 11) is 0. The molecule has 0 atom stereocenters. The molecule has 3 N–H and O–H groups in total. The smallest absolute Gasteiger partial charge is 0.411 e. The van der Waals surface area contributed by atoms with Crippen LogP contribution in [-0.4, -0.2) is 18.2 Å². The average Bonchev–Trinajstić information content (AvgIpc) is 2.85. The first kappa shape index (κ1) is 13.4. The van der Waals surface area contributed by atoms with Gasteiger partial charge in [0.2, 0.25) is 0 Å². The molecule has 100 valence electrons. The predicted molar refractivity (Wildman–Crippen MR) is 71.5 cm³/mol. The highest BCUT2D eigenvalue weighted by Gasteiger charge is 2.30. The molecule has 0 aromatic heterocycles.